The van der Waals surface area contributed by atoms with Crippen molar-refractivity contribution >= 4 is 50.4 Å². The molecule has 2 amide bonds. The Morgan fingerprint density at radius 2 is 1.97 bits per heavy atom. The van der Waals surface area contributed by atoms with Gasteiger partial charge < -0.3 is 15.2 Å². The van der Waals surface area contributed by atoms with Gasteiger partial charge in [-0.05, 0) is 72.1 Å². The van der Waals surface area contributed by atoms with Crippen LogP contribution in [0.4, 0.5) is 0 Å². The number of nitrogens with one attached hydrogen (secondary N) is 2. The number of aromatic amines is 1. The second-order valence-electron chi connectivity index (χ2n) is 7.17. The fraction of sp³-hybridized carbons (Fsp3) is 0.286. The van der Waals surface area contributed by atoms with Crippen molar-refractivity contribution in [1.82, 2.24) is 20.2 Å². The Balaban J connectivity index is 1.48. The van der Waals surface area contributed by atoms with Crippen molar-refractivity contribution in [2.24, 2.45) is 0 Å². The number of hydrogen-bond acceptors (Lipinski definition) is 3. The van der Waals surface area contributed by atoms with E-state index >= 15 is 0 Å². The van der Waals surface area contributed by atoms with E-state index in [2.05, 4.69) is 31.2 Å². The average Bonchev–Trinajstić information content (AvgIpc) is 3.36. The molecule has 29 heavy (non-hydrogen) atoms. The normalized spacial score (nSPS) is 14.9. The molecular weight excluding hydrogens is 456 g/mol. The minimum atomic E-state index is -0.321. The highest BCUT2D eigenvalue weighted by Crippen LogP contribution is 2.23. The summed E-state index contributed by atoms with van der Waals surface area (Å²) >= 11 is 9.45. The molecule has 4 rings (SSSR count). The Kier molecular flexibility index (Phi) is 5.61. The van der Waals surface area contributed by atoms with Gasteiger partial charge in [-0.15, -0.1) is 0 Å². The lowest BCUT2D eigenvalue weighted by atomic mass is 10.1. The van der Waals surface area contributed by atoms with Gasteiger partial charge in [0, 0.05) is 28.1 Å². The minimum Gasteiger partial charge on any atom is -0.342 e. The van der Waals surface area contributed by atoms with Crippen LogP contribution in [-0.2, 0) is 0 Å². The molecule has 2 aromatic carbocycles. The number of imidazole rings is 1. The van der Waals surface area contributed by atoms with E-state index in [1.165, 1.54) is 0 Å². The standard InChI is InChI=1S/C21H20BrClN4O2/c1-12(19-25-17-7-5-14(23)11-18(17)26-19)24-20(28)13-4-6-15(16(22)10-13)21(29)27-8-2-3-9-27/h4-7,10-12H,2-3,8-9H2,1H3,(H,24,28)(H,25,26)/t12-/m0/s1. The largest absolute Gasteiger partial charge is 0.342 e. The van der Waals surface area contributed by atoms with Crippen molar-refractivity contribution in [3.8, 4) is 0 Å². The van der Waals surface area contributed by atoms with Crippen LogP contribution < -0.4 is 5.32 Å². The molecule has 0 radical (unpaired) electrons. The van der Waals surface area contributed by atoms with E-state index in [-0.39, 0.29) is 17.9 Å². The Labute approximate surface area is 181 Å². The lowest BCUT2D eigenvalue weighted by Crippen LogP contribution is -2.29. The predicted octanol–water partition coefficient (Wildman–Crippen LogP) is 4.71. The third kappa shape index (κ3) is 4.16. The summed E-state index contributed by atoms with van der Waals surface area (Å²) in [5.74, 6) is 0.406. The van der Waals surface area contributed by atoms with Crippen LogP contribution in [-0.4, -0.2) is 39.8 Å². The van der Waals surface area contributed by atoms with Crippen LogP contribution in [0, 0.1) is 0 Å². The molecule has 6 nitrogen and oxygen atoms in total. The molecule has 1 saturated heterocycles. The first-order valence-corrected chi connectivity index (χ1v) is 10.6. The summed E-state index contributed by atoms with van der Waals surface area (Å²) in [7, 11) is 0. The van der Waals surface area contributed by atoms with Crippen molar-refractivity contribution in [2.75, 3.05) is 13.1 Å². The number of H-pyrrole nitrogens is 1. The molecule has 3 aromatic rings. The Morgan fingerprint density at radius 3 is 2.69 bits per heavy atom. The summed E-state index contributed by atoms with van der Waals surface area (Å²) in [6.07, 6.45) is 2.07. The van der Waals surface area contributed by atoms with Gasteiger partial charge in [0.25, 0.3) is 11.8 Å². The Morgan fingerprint density at radius 1 is 1.21 bits per heavy atom. The summed E-state index contributed by atoms with van der Waals surface area (Å²) in [6, 6.07) is 10.2. The lowest BCUT2D eigenvalue weighted by Gasteiger charge is -2.17. The maximum Gasteiger partial charge on any atom is 0.254 e. The van der Waals surface area contributed by atoms with E-state index in [0.717, 1.165) is 37.0 Å². The van der Waals surface area contributed by atoms with Gasteiger partial charge in [-0.2, -0.15) is 0 Å². The highest BCUT2D eigenvalue weighted by Gasteiger charge is 2.22. The number of likely N-dealkylation sites (tertiary alicyclic amines) is 1. The van der Waals surface area contributed by atoms with E-state index in [1.807, 2.05) is 17.9 Å². The Hall–Kier alpha value is -2.38. The van der Waals surface area contributed by atoms with Crippen LogP contribution >= 0.6 is 27.5 Å². The second-order valence-corrected chi connectivity index (χ2v) is 8.46. The molecule has 0 spiro atoms. The molecular formula is C21H20BrClN4O2. The van der Waals surface area contributed by atoms with Crippen LogP contribution in [0.25, 0.3) is 11.0 Å². The molecule has 2 heterocycles. The van der Waals surface area contributed by atoms with E-state index in [1.54, 1.807) is 30.3 Å². The van der Waals surface area contributed by atoms with Crippen molar-refractivity contribution in [2.45, 2.75) is 25.8 Å². The van der Waals surface area contributed by atoms with Gasteiger partial charge in [0.2, 0.25) is 0 Å². The summed E-state index contributed by atoms with van der Waals surface area (Å²) in [6.45, 7) is 3.43. The quantitative estimate of drug-likeness (QED) is 0.574. The minimum absolute atomic E-state index is 0.00404. The molecule has 0 unspecified atom stereocenters. The number of amides is 2. The zero-order valence-electron chi connectivity index (χ0n) is 15.8. The maximum atomic E-state index is 12.7. The molecule has 0 aliphatic carbocycles. The molecule has 1 aromatic heterocycles. The number of hydrogen-bond donors (Lipinski definition) is 2. The van der Waals surface area contributed by atoms with Gasteiger partial charge in [0.15, 0.2) is 0 Å². The van der Waals surface area contributed by atoms with Crippen LogP contribution in [0.1, 0.15) is 52.3 Å². The number of benzene rings is 2. The third-order valence-corrected chi connectivity index (χ3v) is 5.97. The smallest absolute Gasteiger partial charge is 0.254 e. The van der Waals surface area contributed by atoms with Crippen molar-refractivity contribution in [3.63, 3.8) is 0 Å². The zero-order chi connectivity index (χ0) is 20.5. The summed E-state index contributed by atoms with van der Waals surface area (Å²) < 4.78 is 0.619. The number of carbonyl (C=O) groups excluding carboxylic acids is 2. The van der Waals surface area contributed by atoms with Gasteiger partial charge in [0.05, 0.1) is 22.6 Å². The first-order chi connectivity index (χ1) is 13.9. The number of fused-ring (bicyclic) bond motifs is 1. The maximum absolute atomic E-state index is 12.7. The van der Waals surface area contributed by atoms with Gasteiger partial charge in [-0.3, -0.25) is 9.59 Å². The van der Waals surface area contributed by atoms with Gasteiger partial charge >= 0.3 is 0 Å². The zero-order valence-corrected chi connectivity index (χ0v) is 18.2. The van der Waals surface area contributed by atoms with Crippen molar-refractivity contribution < 1.29 is 9.59 Å². The van der Waals surface area contributed by atoms with Gasteiger partial charge in [-0.1, -0.05) is 11.6 Å². The summed E-state index contributed by atoms with van der Waals surface area (Å²) in [5, 5.41) is 3.55. The van der Waals surface area contributed by atoms with Crippen LogP contribution in [0.15, 0.2) is 40.9 Å². The SMILES string of the molecule is C[C@H](NC(=O)c1ccc(C(=O)N2CCCC2)c(Br)c1)c1nc2cc(Cl)ccc2[nH]1. The molecule has 1 aliphatic rings. The number of rotatable bonds is 4. The number of carbonyl (C=O) groups is 2. The second kappa shape index (κ2) is 8.16. The van der Waals surface area contributed by atoms with Crippen LogP contribution in [0.5, 0.6) is 0 Å². The van der Waals surface area contributed by atoms with Crippen LogP contribution in [0.3, 0.4) is 0 Å². The topological polar surface area (TPSA) is 78.1 Å². The molecule has 1 atom stereocenters. The average molecular weight is 476 g/mol. The number of halogens is 2. The predicted molar refractivity (Wildman–Crippen MR) is 116 cm³/mol. The first-order valence-electron chi connectivity index (χ1n) is 9.47. The van der Waals surface area contributed by atoms with Crippen molar-refractivity contribution in [1.29, 1.82) is 0 Å². The molecule has 150 valence electrons. The fourth-order valence-electron chi connectivity index (χ4n) is 3.47. The van der Waals surface area contributed by atoms with E-state index in [9.17, 15) is 9.59 Å². The summed E-state index contributed by atoms with van der Waals surface area (Å²) in [5.41, 5.74) is 2.66. The highest BCUT2D eigenvalue weighted by atomic mass is 79.9. The Bertz CT molecular complexity index is 1090. The highest BCUT2D eigenvalue weighted by molar-refractivity contribution is 9.10. The molecule has 1 fully saturated rings. The van der Waals surface area contributed by atoms with Crippen LogP contribution in [0.2, 0.25) is 5.02 Å². The number of nitrogens with zero attached hydrogens (tertiary/aromatic N) is 2. The fourth-order valence-corrected chi connectivity index (χ4v) is 4.19. The van der Waals surface area contributed by atoms with E-state index in [4.69, 9.17) is 11.6 Å². The van der Waals surface area contributed by atoms with Gasteiger partial charge in [-0.25, -0.2) is 4.98 Å². The summed E-state index contributed by atoms with van der Waals surface area (Å²) in [4.78, 5) is 34.8. The first kappa shape index (κ1) is 19.9. The molecule has 1 aliphatic heterocycles. The number of aromatic nitrogens is 2. The van der Waals surface area contributed by atoms with E-state index in [0.29, 0.717) is 26.4 Å². The molecule has 8 heteroatoms. The molecule has 0 bridgehead atoms. The van der Waals surface area contributed by atoms with Crippen molar-refractivity contribution in [3.05, 3.63) is 62.8 Å². The lowest BCUT2D eigenvalue weighted by molar-refractivity contribution is 0.0791. The monoisotopic (exact) mass is 474 g/mol. The van der Waals surface area contributed by atoms with Gasteiger partial charge in [0.1, 0.15) is 5.82 Å². The third-order valence-electron chi connectivity index (χ3n) is 5.08. The molecule has 0 saturated carbocycles. The van der Waals surface area contributed by atoms with E-state index < -0.39 is 0 Å². The molecule has 2 N–H and O–H groups in total.